The van der Waals surface area contributed by atoms with Crippen LogP contribution in [0.15, 0.2) is 96.4 Å². The van der Waals surface area contributed by atoms with E-state index in [2.05, 4.69) is 15.0 Å². The Morgan fingerprint density at radius 2 is 1.64 bits per heavy atom. The molecule has 7 nitrogen and oxygen atoms in total. The number of rotatable bonds is 8. The number of hydrogen-bond acceptors (Lipinski definition) is 4. The van der Waals surface area contributed by atoms with Crippen LogP contribution in [-0.2, 0) is 23.1 Å². The lowest BCUT2D eigenvalue weighted by atomic mass is 10.1. The topological polar surface area (TPSA) is 93.1 Å². The fourth-order valence-electron chi connectivity index (χ4n) is 3.42. The molecule has 0 spiro atoms. The zero-order chi connectivity index (χ0) is 23.3. The Kier molecular flexibility index (Phi) is 6.55. The molecule has 0 saturated heterocycles. The number of imidazole rings is 1. The quantitative estimate of drug-likeness (QED) is 0.416. The normalized spacial score (nSPS) is 11.2. The number of aromatic nitrogens is 2. The molecule has 4 rings (SSSR count). The van der Waals surface area contributed by atoms with Gasteiger partial charge in [0.15, 0.2) is 0 Å². The summed E-state index contributed by atoms with van der Waals surface area (Å²) in [6.07, 6.45) is 5.36. The Hall–Kier alpha value is -3.91. The Balaban J connectivity index is 1.42. The SMILES string of the molecule is Cc1ccccc1NS(=O)(=O)c1ccc(C(=O)NCc2ccccc2Cn2ccnc2)cc1. The molecule has 33 heavy (non-hydrogen) atoms. The molecule has 1 aromatic heterocycles. The Labute approximate surface area is 193 Å². The zero-order valence-corrected chi connectivity index (χ0v) is 18.9. The van der Waals surface area contributed by atoms with Crippen molar-refractivity contribution in [2.45, 2.75) is 24.9 Å². The molecule has 4 aromatic rings. The molecule has 3 aromatic carbocycles. The first-order valence-electron chi connectivity index (χ1n) is 10.4. The van der Waals surface area contributed by atoms with E-state index >= 15 is 0 Å². The van der Waals surface area contributed by atoms with Gasteiger partial charge in [0.1, 0.15) is 0 Å². The van der Waals surface area contributed by atoms with Crippen LogP contribution >= 0.6 is 0 Å². The second kappa shape index (κ2) is 9.70. The first kappa shape index (κ1) is 22.3. The third-order valence-corrected chi connectivity index (χ3v) is 6.67. The Bertz CT molecular complexity index is 1350. The van der Waals surface area contributed by atoms with Crippen LogP contribution < -0.4 is 10.0 Å². The molecule has 0 unspecified atom stereocenters. The maximum atomic E-state index is 12.7. The molecule has 0 aliphatic carbocycles. The molecule has 0 saturated carbocycles. The van der Waals surface area contributed by atoms with Gasteiger partial charge in [-0.2, -0.15) is 0 Å². The Morgan fingerprint density at radius 3 is 2.33 bits per heavy atom. The highest BCUT2D eigenvalue weighted by atomic mass is 32.2. The van der Waals surface area contributed by atoms with Crippen molar-refractivity contribution in [2.24, 2.45) is 0 Å². The minimum atomic E-state index is -3.75. The molecular weight excluding hydrogens is 436 g/mol. The molecule has 0 radical (unpaired) electrons. The lowest BCUT2D eigenvalue weighted by molar-refractivity contribution is 0.0950. The van der Waals surface area contributed by atoms with E-state index in [0.717, 1.165) is 16.7 Å². The minimum absolute atomic E-state index is 0.0907. The van der Waals surface area contributed by atoms with Crippen LogP contribution in [0.3, 0.4) is 0 Å². The third-order valence-electron chi connectivity index (χ3n) is 5.29. The minimum Gasteiger partial charge on any atom is -0.348 e. The first-order chi connectivity index (χ1) is 15.9. The van der Waals surface area contributed by atoms with Crippen molar-refractivity contribution in [1.82, 2.24) is 14.9 Å². The summed E-state index contributed by atoms with van der Waals surface area (Å²) in [5.74, 6) is -0.275. The van der Waals surface area contributed by atoms with E-state index in [-0.39, 0.29) is 10.8 Å². The fraction of sp³-hybridized carbons (Fsp3) is 0.120. The zero-order valence-electron chi connectivity index (χ0n) is 18.1. The van der Waals surface area contributed by atoms with E-state index in [4.69, 9.17) is 0 Å². The molecule has 0 aliphatic heterocycles. The predicted molar refractivity (Wildman–Crippen MR) is 127 cm³/mol. The summed E-state index contributed by atoms with van der Waals surface area (Å²) < 4.78 is 29.9. The molecule has 8 heteroatoms. The van der Waals surface area contributed by atoms with Gasteiger partial charge >= 0.3 is 0 Å². The summed E-state index contributed by atoms with van der Waals surface area (Å²) >= 11 is 0. The molecule has 1 heterocycles. The van der Waals surface area contributed by atoms with Gasteiger partial charge in [-0.15, -0.1) is 0 Å². The van der Waals surface area contributed by atoms with Crippen molar-refractivity contribution in [2.75, 3.05) is 4.72 Å². The average molecular weight is 461 g/mol. The largest absolute Gasteiger partial charge is 0.348 e. The van der Waals surface area contributed by atoms with Crippen LogP contribution in [0.5, 0.6) is 0 Å². The van der Waals surface area contributed by atoms with Gasteiger partial charge < -0.3 is 9.88 Å². The summed E-state index contributed by atoms with van der Waals surface area (Å²) in [7, 11) is -3.75. The smallest absolute Gasteiger partial charge is 0.261 e. The van der Waals surface area contributed by atoms with Gasteiger partial charge in [0.2, 0.25) is 0 Å². The summed E-state index contributed by atoms with van der Waals surface area (Å²) in [4.78, 5) is 16.8. The van der Waals surface area contributed by atoms with Crippen molar-refractivity contribution >= 4 is 21.6 Å². The highest BCUT2D eigenvalue weighted by Crippen LogP contribution is 2.20. The summed E-state index contributed by atoms with van der Waals surface area (Å²) in [5.41, 5.74) is 3.82. The molecule has 1 amide bonds. The van der Waals surface area contributed by atoms with Crippen molar-refractivity contribution in [1.29, 1.82) is 0 Å². The molecule has 0 aliphatic rings. The molecule has 2 N–H and O–H groups in total. The number of aryl methyl sites for hydroxylation is 1. The van der Waals surface area contributed by atoms with E-state index in [9.17, 15) is 13.2 Å². The number of amides is 1. The number of carbonyl (C=O) groups excluding carboxylic acids is 1. The number of sulfonamides is 1. The number of hydrogen-bond donors (Lipinski definition) is 2. The predicted octanol–water partition coefficient (Wildman–Crippen LogP) is 3.97. The van der Waals surface area contributed by atoms with E-state index < -0.39 is 10.0 Å². The third kappa shape index (κ3) is 5.48. The van der Waals surface area contributed by atoms with Gasteiger partial charge in [0.25, 0.3) is 15.9 Å². The second-order valence-corrected chi connectivity index (χ2v) is 9.31. The summed E-state index contributed by atoms with van der Waals surface area (Å²) in [5, 5.41) is 2.91. The highest BCUT2D eigenvalue weighted by Gasteiger charge is 2.16. The van der Waals surface area contributed by atoms with Crippen LogP contribution in [0, 0.1) is 6.92 Å². The average Bonchev–Trinajstić information content (AvgIpc) is 3.33. The number of benzene rings is 3. The number of para-hydroxylation sites is 1. The van der Waals surface area contributed by atoms with E-state index in [1.807, 2.05) is 54.1 Å². The molecule has 0 bridgehead atoms. The van der Waals surface area contributed by atoms with Crippen LogP contribution in [0.25, 0.3) is 0 Å². The van der Waals surface area contributed by atoms with Gasteiger partial charge in [-0.1, -0.05) is 42.5 Å². The van der Waals surface area contributed by atoms with Crippen molar-refractivity contribution in [3.8, 4) is 0 Å². The number of carbonyl (C=O) groups is 1. The van der Waals surface area contributed by atoms with Crippen LogP contribution in [0.4, 0.5) is 5.69 Å². The van der Waals surface area contributed by atoms with Crippen molar-refractivity contribution < 1.29 is 13.2 Å². The van der Waals surface area contributed by atoms with Crippen LogP contribution in [-0.4, -0.2) is 23.9 Å². The standard InChI is InChI=1S/C25H24N4O3S/c1-19-6-2-5-9-24(19)28-33(31,32)23-12-10-20(11-13-23)25(30)27-16-21-7-3-4-8-22(21)17-29-15-14-26-18-29/h2-15,18,28H,16-17H2,1H3,(H,27,30). The van der Waals surface area contributed by atoms with Crippen LogP contribution in [0.2, 0.25) is 0 Å². The summed E-state index contributed by atoms with van der Waals surface area (Å²) in [6, 6.07) is 20.9. The lowest BCUT2D eigenvalue weighted by Crippen LogP contribution is -2.23. The second-order valence-electron chi connectivity index (χ2n) is 7.63. The maximum absolute atomic E-state index is 12.7. The fourth-order valence-corrected chi connectivity index (χ4v) is 4.55. The van der Waals surface area contributed by atoms with E-state index in [0.29, 0.717) is 24.3 Å². The molecule has 0 fully saturated rings. The van der Waals surface area contributed by atoms with Gasteiger partial charge in [-0.05, 0) is 53.9 Å². The number of anilines is 1. The first-order valence-corrected chi connectivity index (χ1v) is 11.9. The highest BCUT2D eigenvalue weighted by molar-refractivity contribution is 7.92. The lowest BCUT2D eigenvalue weighted by Gasteiger charge is -2.12. The van der Waals surface area contributed by atoms with Gasteiger partial charge in [0.05, 0.1) is 16.9 Å². The van der Waals surface area contributed by atoms with E-state index in [1.165, 1.54) is 24.3 Å². The number of nitrogens with one attached hydrogen (secondary N) is 2. The molecule has 168 valence electrons. The van der Waals surface area contributed by atoms with Crippen molar-refractivity contribution in [3.05, 3.63) is 114 Å². The number of nitrogens with zero attached hydrogens (tertiary/aromatic N) is 2. The molecular formula is C25H24N4O3S. The monoisotopic (exact) mass is 460 g/mol. The molecule has 0 atom stereocenters. The maximum Gasteiger partial charge on any atom is 0.261 e. The van der Waals surface area contributed by atoms with Crippen molar-refractivity contribution in [3.63, 3.8) is 0 Å². The van der Waals surface area contributed by atoms with Gasteiger partial charge in [-0.3, -0.25) is 9.52 Å². The van der Waals surface area contributed by atoms with Gasteiger partial charge in [0, 0.05) is 31.0 Å². The van der Waals surface area contributed by atoms with E-state index in [1.54, 1.807) is 24.7 Å². The van der Waals surface area contributed by atoms with Gasteiger partial charge in [-0.25, -0.2) is 13.4 Å². The van der Waals surface area contributed by atoms with Crippen LogP contribution in [0.1, 0.15) is 27.0 Å². The summed E-state index contributed by atoms with van der Waals surface area (Å²) in [6.45, 7) is 2.85. The Morgan fingerprint density at radius 1 is 0.939 bits per heavy atom.